The van der Waals surface area contributed by atoms with Crippen LogP contribution in [0.5, 0.6) is 0 Å². The number of aryl methyl sites for hydroxylation is 1. The number of hydrogen-bond donors (Lipinski definition) is 2. The molecule has 0 atom stereocenters. The monoisotopic (exact) mass is 382 g/mol. The van der Waals surface area contributed by atoms with Crippen molar-refractivity contribution < 1.29 is 0 Å². The van der Waals surface area contributed by atoms with Crippen LogP contribution in [-0.2, 0) is 0 Å². The summed E-state index contributed by atoms with van der Waals surface area (Å²) in [5.41, 5.74) is 4.12. The average Bonchev–Trinajstić information content (AvgIpc) is 2.65. The zero-order valence-corrected chi connectivity index (χ0v) is 16.5. The van der Waals surface area contributed by atoms with Gasteiger partial charge in [0.2, 0.25) is 5.95 Å². The Labute approximate surface area is 164 Å². The Hall–Kier alpha value is -2.86. The third kappa shape index (κ3) is 4.86. The fourth-order valence-electron chi connectivity index (χ4n) is 2.82. The second-order valence-corrected chi connectivity index (χ2v) is 6.53. The van der Waals surface area contributed by atoms with E-state index < -0.39 is 0 Å². The predicted molar refractivity (Wildman–Crippen MR) is 113 cm³/mol. The first-order valence-electron chi connectivity index (χ1n) is 8.94. The molecule has 0 amide bonds. The van der Waals surface area contributed by atoms with Crippen LogP contribution in [0.15, 0.2) is 48.7 Å². The van der Waals surface area contributed by atoms with Crippen molar-refractivity contribution >= 4 is 40.4 Å². The van der Waals surface area contributed by atoms with Crippen LogP contribution in [0.25, 0.3) is 0 Å². The van der Waals surface area contributed by atoms with Crippen LogP contribution in [0.1, 0.15) is 19.4 Å². The van der Waals surface area contributed by atoms with Crippen molar-refractivity contribution in [3.8, 4) is 0 Å². The molecule has 0 aliphatic rings. The Morgan fingerprint density at radius 3 is 2.56 bits per heavy atom. The van der Waals surface area contributed by atoms with Gasteiger partial charge in [0.25, 0.3) is 0 Å². The highest BCUT2D eigenvalue weighted by Crippen LogP contribution is 2.25. The van der Waals surface area contributed by atoms with E-state index in [0.29, 0.717) is 16.8 Å². The highest BCUT2D eigenvalue weighted by Gasteiger charge is 2.07. The number of halogens is 1. The summed E-state index contributed by atoms with van der Waals surface area (Å²) in [7, 11) is 0. The standard InChI is InChI=1S/C20H23ClN6/c1-4-27(5-2)17-9-10-18(14(3)11-17)24-20-25-19(13-22-26-20)23-16-8-6-7-15(21)12-16/h6-13H,4-5H2,1-3H3,(H2,23,24,25,26). The van der Waals surface area contributed by atoms with E-state index >= 15 is 0 Å². The zero-order chi connectivity index (χ0) is 19.2. The van der Waals surface area contributed by atoms with E-state index in [4.69, 9.17) is 11.6 Å². The summed E-state index contributed by atoms with van der Waals surface area (Å²) in [4.78, 5) is 6.78. The van der Waals surface area contributed by atoms with E-state index in [1.807, 2.05) is 30.3 Å². The predicted octanol–water partition coefficient (Wildman–Crippen LogP) is 5.17. The molecule has 3 rings (SSSR count). The van der Waals surface area contributed by atoms with Crippen molar-refractivity contribution in [2.75, 3.05) is 28.6 Å². The Balaban J connectivity index is 1.76. The maximum atomic E-state index is 6.02. The van der Waals surface area contributed by atoms with Crippen LogP contribution < -0.4 is 15.5 Å². The molecule has 0 saturated carbocycles. The summed E-state index contributed by atoms with van der Waals surface area (Å²) >= 11 is 6.02. The number of hydrogen-bond acceptors (Lipinski definition) is 6. The lowest BCUT2D eigenvalue weighted by Gasteiger charge is -2.22. The van der Waals surface area contributed by atoms with E-state index in [2.05, 4.69) is 63.6 Å². The van der Waals surface area contributed by atoms with Gasteiger partial charge >= 0.3 is 0 Å². The Kier molecular flexibility index (Phi) is 6.08. The van der Waals surface area contributed by atoms with Gasteiger partial charge in [-0.3, -0.25) is 0 Å². The number of nitrogens with one attached hydrogen (secondary N) is 2. The fraction of sp³-hybridized carbons (Fsp3) is 0.250. The van der Waals surface area contributed by atoms with Crippen LogP contribution in [0.4, 0.5) is 28.8 Å². The number of rotatable bonds is 7. The van der Waals surface area contributed by atoms with E-state index in [-0.39, 0.29) is 0 Å². The molecular weight excluding hydrogens is 360 g/mol. The van der Waals surface area contributed by atoms with Crippen molar-refractivity contribution in [3.63, 3.8) is 0 Å². The zero-order valence-electron chi connectivity index (χ0n) is 15.7. The van der Waals surface area contributed by atoms with Gasteiger partial charge in [-0.1, -0.05) is 17.7 Å². The molecule has 2 aromatic carbocycles. The molecule has 0 spiro atoms. The van der Waals surface area contributed by atoms with E-state index in [1.54, 1.807) is 6.20 Å². The smallest absolute Gasteiger partial charge is 0.249 e. The molecule has 0 aliphatic carbocycles. The fourth-order valence-corrected chi connectivity index (χ4v) is 3.02. The van der Waals surface area contributed by atoms with Gasteiger partial charge in [-0.25, -0.2) is 0 Å². The summed E-state index contributed by atoms with van der Waals surface area (Å²) in [6.45, 7) is 8.34. The lowest BCUT2D eigenvalue weighted by Crippen LogP contribution is -2.21. The first-order chi connectivity index (χ1) is 13.1. The van der Waals surface area contributed by atoms with Gasteiger partial charge in [0, 0.05) is 35.2 Å². The van der Waals surface area contributed by atoms with Crippen LogP contribution in [0, 0.1) is 6.92 Å². The second-order valence-electron chi connectivity index (χ2n) is 6.10. The number of anilines is 5. The van der Waals surface area contributed by atoms with E-state index in [1.165, 1.54) is 5.69 Å². The summed E-state index contributed by atoms with van der Waals surface area (Å²) in [5.74, 6) is 1.02. The minimum atomic E-state index is 0.431. The third-order valence-corrected chi connectivity index (χ3v) is 4.48. The number of benzene rings is 2. The van der Waals surface area contributed by atoms with Gasteiger partial charge in [-0.2, -0.15) is 10.1 Å². The van der Waals surface area contributed by atoms with Crippen molar-refractivity contribution in [3.05, 3.63) is 59.2 Å². The van der Waals surface area contributed by atoms with Gasteiger partial charge in [0.15, 0.2) is 5.82 Å². The Bertz CT molecular complexity index is 910. The van der Waals surface area contributed by atoms with E-state index in [0.717, 1.165) is 30.0 Å². The molecule has 140 valence electrons. The van der Waals surface area contributed by atoms with Crippen molar-refractivity contribution in [2.24, 2.45) is 0 Å². The highest BCUT2D eigenvalue weighted by molar-refractivity contribution is 6.30. The molecule has 7 heteroatoms. The first kappa shape index (κ1) is 18.9. The SMILES string of the molecule is CCN(CC)c1ccc(Nc2nncc(Nc3cccc(Cl)c3)n2)c(C)c1. The lowest BCUT2D eigenvalue weighted by molar-refractivity contribution is 0.865. The molecule has 0 saturated heterocycles. The normalized spacial score (nSPS) is 10.5. The molecule has 0 unspecified atom stereocenters. The third-order valence-electron chi connectivity index (χ3n) is 4.24. The number of nitrogens with zero attached hydrogens (tertiary/aromatic N) is 4. The van der Waals surface area contributed by atoms with E-state index in [9.17, 15) is 0 Å². The summed E-state index contributed by atoms with van der Waals surface area (Å²) < 4.78 is 0. The molecule has 2 N–H and O–H groups in total. The van der Waals surface area contributed by atoms with Gasteiger partial charge < -0.3 is 15.5 Å². The van der Waals surface area contributed by atoms with Crippen LogP contribution >= 0.6 is 11.6 Å². The maximum absolute atomic E-state index is 6.02. The van der Waals surface area contributed by atoms with Crippen molar-refractivity contribution in [2.45, 2.75) is 20.8 Å². The molecule has 1 aromatic heterocycles. The molecule has 27 heavy (non-hydrogen) atoms. The quantitative estimate of drug-likeness (QED) is 0.587. The molecule has 3 aromatic rings. The second kappa shape index (κ2) is 8.68. The molecule has 0 radical (unpaired) electrons. The summed E-state index contributed by atoms with van der Waals surface area (Å²) in [6.07, 6.45) is 1.57. The van der Waals surface area contributed by atoms with Gasteiger partial charge in [-0.15, -0.1) is 5.10 Å². The molecule has 0 bridgehead atoms. The number of aromatic nitrogens is 3. The molecular formula is C20H23ClN6. The minimum Gasteiger partial charge on any atom is -0.372 e. The molecule has 0 fully saturated rings. The van der Waals surface area contributed by atoms with Crippen molar-refractivity contribution in [1.82, 2.24) is 15.2 Å². The van der Waals surface area contributed by atoms with Gasteiger partial charge in [-0.05, 0) is 62.7 Å². The Morgan fingerprint density at radius 2 is 1.85 bits per heavy atom. The Morgan fingerprint density at radius 1 is 1.04 bits per heavy atom. The molecule has 1 heterocycles. The van der Waals surface area contributed by atoms with Gasteiger partial charge in [0.1, 0.15) is 0 Å². The van der Waals surface area contributed by atoms with Crippen molar-refractivity contribution in [1.29, 1.82) is 0 Å². The lowest BCUT2D eigenvalue weighted by atomic mass is 10.1. The average molecular weight is 383 g/mol. The summed E-state index contributed by atoms with van der Waals surface area (Å²) in [5, 5.41) is 15.2. The van der Waals surface area contributed by atoms with Gasteiger partial charge in [0.05, 0.1) is 6.20 Å². The minimum absolute atomic E-state index is 0.431. The summed E-state index contributed by atoms with van der Waals surface area (Å²) in [6, 6.07) is 13.7. The largest absolute Gasteiger partial charge is 0.372 e. The van der Waals surface area contributed by atoms with Crippen LogP contribution in [0.3, 0.4) is 0 Å². The molecule has 6 nitrogen and oxygen atoms in total. The topological polar surface area (TPSA) is 66.0 Å². The first-order valence-corrected chi connectivity index (χ1v) is 9.31. The molecule has 0 aliphatic heterocycles. The highest BCUT2D eigenvalue weighted by atomic mass is 35.5. The van der Waals surface area contributed by atoms with Crippen LogP contribution in [-0.4, -0.2) is 28.3 Å². The maximum Gasteiger partial charge on any atom is 0.249 e. The van der Waals surface area contributed by atoms with Crippen LogP contribution in [0.2, 0.25) is 5.02 Å².